The molecule has 62 valence electrons. The second-order valence-corrected chi connectivity index (χ2v) is 3.63. The van der Waals surface area contributed by atoms with Gasteiger partial charge in [0.05, 0.1) is 5.56 Å². The summed E-state index contributed by atoms with van der Waals surface area (Å²) in [5, 5.41) is 2.81. The fourth-order valence-electron chi connectivity index (χ4n) is 1.43. The average molecular weight is 226 g/mol. The summed E-state index contributed by atoms with van der Waals surface area (Å²) in [6.07, 6.45) is 0.931. The molecule has 1 amide bonds. The van der Waals surface area contributed by atoms with Crippen molar-refractivity contribution in [2.24, 2.45) is 0 Å². The van der Waals surface area contributed by atoms with Gasteiger partial charge in [0.1, 0.15) is 0 Å². The largest absolute Gasteiger partial charge is 0.352 e. The molecule has 3 heteroatoms. The third-order valence-electron chi connectivity index (χ3n) is 2.01. The van der Waals surface area contributed by atoms with Crippen LogP contribution in [0, 0.1) is 0 Å². The van der Waals surface area contributed by atoms with E-state index in [1.165, 1.54) is 0 Å². The first-order valence-corrected chi connectivity index (χ1v) is 4.64. The number of amides is 1. The van der Waals surface area contributed by atoms with Gasteiger partial charge >= 0.3 is 0 Å². The molecule has 0 saturated carbocycles. The molecule has 0 spiro atoms. The summed E-state index contributed by atoms with van der Waals surface area (Å²) in [6.45, 7) is 0.752. The number of fused-ring (bicyclic) bond motifs is 1. The highest BCUT2D eigenvalue weighted by Crippen LogP contribution is 2.22. The molecule has 12 heavy (non-hydrogen) atoms. The van der Waals surface area contributed by atoms with E-state index in [-0.39, 0.29) is 5.91 Å². The van der Waals surface area contributed by atoms with Crippen molar-refractivity contribution in [1.82, 2.24) is 5.32 Å². The van der Waals surface area contributed by atoms with Gasteiger partial charge in [0.25, 0.3) is 5.91 Å². The van der Waals surface area contributed by atoms with Crippen molar-refractivity contribution in [2.75, 3.05) is 6.54 Å². The Kier molecular flexibility index (Phi) is 1.89. The Morgan fingerprint density at radius 1 is 1.42 bits per heavy atom. The van der Waals surface area contributed by atoms with Gasteiger partial charge in [-0.15, -0.1) is 0 Å². The van der Waals surface area contributed by atoms with Gasteiger partial charge < -0.3 is 5.32 Å². The Balaban J connectivity index is 2.60. The number of nitrogens with one attached hydrogen (secondary N) is 1. The van der Waals surface area contributed by atoms with E-state index in [2.05, 4.69) is 21.2 Å². The van der Waals surface area contributed by atoms with Crippen LogP contribution >= 0.6 is 15.9 Å². The van der Waals surface area contributed by atoms with Crippen molar-refractivity contribution in [2.45, 2.75) is 6.42 Å². The lowest BCUT2D eigenvalue weighted by molar-refractivity contribution is 0.0945. The maximum absolute atomic E-state index is 11.4. The summed E-state index contributed by atoms with van der Waals surface area (Å²) in [4.78, 5) is 11.4. The van der Waals surface area contributed by atoms with Gasteiger partial charge in [-0.3, -0.25) is 4.79 Å². The molecule has 2 nitrogen and oxygen atoms in total. The highest BCUT2D eigenvalue weighted by Gasteiger charge is 2.18. The standard InChI is InChI=1S/C9H8BrNO/c10-7-3-1-2-6-4-5-11-9(12)8(6)7/h1-3H,4-5H2,(H,11,12). The van der Waals surface area contributed by atoms with Crippen molar-refractivity contribution >= 4 is 21.8 Å². The Morgan fingerprint density at radius 3 is 3.00 bits per heavy atom. The molecule has 1 N–H and O–H groups in total. The molecule has 0 atom stereocenters. The van der Waals surface area contributed by atoms with E-state index in [1.54, 1.807) is 0 Å². The molecule has 0 aliphatic carbocycles. The molecule has 0 saturated heterocycles. The first-order valence-electron chi connectivity index (χ1n) is 3.84. The zero-order chi connectivity index (χ0) is 8.55. The third kappa shape index (κ3) is 1.14. The fraction of sp³-hybridized carbons (Fsp3) is 0.222. The van der Waals surface area contributed by atoms with E-state index in [0.29, 0.717) is 0 Å². The lowest BCUT2D eigenvalue weighted by Crippen LogP contribution is -2.32. The molecule has 0 fully saturated rings. The minimum absolute atomic E-state index is 0.0312. The molecule has 2 rings (SSSR count). The summed E-state index contributed by atoms with van der Waals surface area (Å²) in [6, 6.07) is 5.85. The summed E-state index contributed by atoms with van der Waals surface area (Å²) in [5.74, 6) is 0.0312. The topological polar surface area (TPSA) is 29.1 Å². The predicted molar refractivity (Wildman–Crippen MR) is 50.2 cm³/mol. The van der Waals surface area contributed by atoms with Gasteiger partial charge in [-0.1, -0.05) is 12.1 Å². The second-order valence-electron chi connectivity index (χ2n) is 2.78. The quantitative estimate of drug-likeness (QED) is 0.717. The first kappa shape index (κ1) is 7.80. The first-order chi connectivity index (χ1) is 5.79. The normalized spacial score (nSPS) is 15.2. The van der Waals surface area contributed by atoms with E-state index < -0.39 is 0 Å². The Labute approximate surface area is 79.1 Å². The molecule has 0 aromatic heterocycles. The smallest absolute Gasteiger partial charge is 0.252 e. The highest BCUT2D eigenvalue weighted by molar-refractivity contribution is 9.10. The predicted octanol–water partition coefficient (Wildman–Crippen LogP) is 1.74. The van der Waals surface area contributed by atoms with Crippen LogP contribution in [0.3, 0.4) is 0 Å². The minimum Gasteiger partial charge on any atom is -0.352 e. The van der Waals surface area contributed by atoms with Crippen LogP contribution in [0.25, 0.3) is 0 Å². The number of hydrogen-bond acceptors (Lipinski definition) is 1. The third-order valence-corrected chi connectivity index (χ3v) is 2.67. The molecule has 0 unspecified atom stereocenters. The Hall–Kier alpha value is -0.830. The summed E-state index contributed by atoms with van der Waals surface area (Å²) in [5.41, 5.74) is 1.93. The summed E-state index contributed by atoms with van der Waals surface area (Å²) in [7, 11) is 0. The number of carbonyl (C=O) groups excluding carboxylic acids is 1. The molecule has 1 aromatic carbocycles. The molecule has 1 aliphatic heterocycles. The SMILES string of the molecule is O=C1NCCc2cccc(Br)c21. The van der Waals surface area contributed by atoms with Gasteiger partial charge in [0.2, 0.25) is 0 Å². The van der Waals surface area contributed by atoms with E-state index in [1.807, 2.05) is 18.2 Å². The number of hydrogen-bond donors (Lipinski definition) is 1. The van der Waals surface area contributed by atoms with Gasteiger partial charge in [0.15, 0.2) is 0 Å². The lowest BCUT2D eigenvalue weighted by Gasteiger charge is -2.16. The van der Waals surface area contributed by atoms with Crippen LogP contribution in [0.1, 0.15) is 15.9 Å². The van der Waals surface area contributed by atoms with E-state index in [4.69, 9.17) is 0 Å². The van der Waals surface area contributed by atoms with Crippen LogP contribution in [0.5, 0.6) is 0 Å². The van der Waals surface area contributed by atoms with Crippen molar-refractivity contribution in [3.8, 4) is 0 Å². The van der Waals surface area contributed by atoms with E-state index in [9.17, 15) is 4.79 Å². The van der Waals surface area contributed by atoms with Crippen molar-refractivity contribution in [1.29, 1.82) is 0 Å². The maximum atomic E-state index is 11.4. The van der Waals surface area contributed by atoms with Crippen molar-refractivity contribution < 1.29 is 4.79 Å². The van der Waals surface area contributed by atoms with Crippen LogP contribution in [-0.4, -0.2) is 12.5 Å². The number of halogens is 1. The van der Waals surface area contributed by atoms with E-state index >= 15 is 0 Å². The Bertz CT molecular complexity index is 335. The van der Waals surface area contributed by atoms with Crippen LogP contribution in [0.15, 0.2) is 22.7 Å². The maximum Gasteiger partial charge on any atom is 0.252 e. The molecule has 1 aliphatic rings. The summed E-state index contributed by atoms with van der Waals surface area (Å²) >= 11 is 3.36. The second kappa shape index (κ2) is 2.90. The highest BCUT2D eigenvalue weighted by atomic mass is 79.9. The van der Waals surface area contributed by atoms with Crippen LogP contribution in [0.2, 0.25) is 0 Å². The minimum atomic E-state index is 0.0312. The number of rotatable bonds is 0. The zero-order valence-electron chi connectivity index (χ0n) is 6.43. The lowest BCUT2D eigenvalue weighted by atomic mass is 10.0. The molecular formula is C9H8BrNO. The number of benzene rings is 1. The van der Waals surface area contributed by atoms with Crippen molar-refractivity contribution in [3.63, 3.8) is 0 Å². The molecule has 0 bridgehead atoms. The summed E-state index contributed by atoms with van der Waals surface area (Å²) < 4.78 is 0.886. The van der Waals surface area contributed by atoms with E-state index in [0.717, 1.165) is 28.6 Å². The molecule has 1 heterocycles. The van der Waals surface area contributed by atoms with Gasteiger partial charge in [-0.05, 0) is 34.0 Å². The van der Waals surface area contributed by atoms with Gasteiger partial charge in [0, 0.05) is 11.0 Å². The van der Waals surface area contributed by atoms with Crippen LogP contribution < -0.4 is 5.32 Å². The molecule has 0 radical (unpaired) electrons. The van der Waals surface area contributed by atoms with Crippen molar-refractivity contribution in [3.05, 3.63) is 33.8 Å². The van der Waals surface area contributed by atoms with Crippen LogP contribution in [-0.2, 0) is 6.42 Å². The monoisotopic (exact) mass is 225 g/mol. The Morgan fingerprint density at radius 2 is 2.25 bits per heavy atom. The number of carbonyl (C=O) groups is 1. The van der Waals surface area contributed by atoms with Crippen LogP contribution in [0.4, 0.5) is 0 Å². The van der Waals surface area contributed by atoms with Gasteiger partial charge in [-0.2, -0.15) is 0 Å². The fourth-order valence-corrected chi connectivity index (χ4v) is 2.02. The average Bonchev–Trinajstić information content (AvgIpc) is 2.04. The molecular weight excluding hydrogens is 218 g/mol. The molecule has 1 aromatic rings. The van der Waals surface area contributed by atoms with Gasteiger partial charge in [-0.25, -0.2) is 0 Å². The zero-order valence-corrected chi connectivity index (χ0v) is 8.02.